The lowest BCUT2D eigenvalue weighted by molar-refractivity contribution is 0.423. The molecule has 3 rings (SSSR count). The van der Waals surface area contributed by atoms with Crippen molar-refractivity contribution in [1.82, 2.24) is 15.1 Å². The number of hydrogen-bond donors (Lipinski definition) is 1. The zero-order valence-corrected chi connectivity index (χ0v) is 11.5. The molecule has 6 heteroatoms. The molecule has 20 heavy (non-hydrogen) atoms. The van der Waals surface area contributed by atoms with Gasteiger partial charge in [0.05, 0.1) is 0 Å². The van der Waals surface area contributed by atoms with E-state index in [1.807, 2.05) is 30.5 Å². The van der Waals surface area contributed by atoms with Crippen LogP contribution in [0.15, 0.2) is 52.0 Å². The van der Waals surface area contributed by atoms with Gasteiger partial charge < -0.3 is 9.63 Å². The van der Waals surface area contributed by atoms with E-state index in [1.165, 1.54) is 11.0 Å². The minimum Gasteiger partial charge on any atom is -0.505 e. The van der Waals surface area contributed by atoms with Crippen LogP contribution >= 0.6 is 11.8 Å². The highest BCUT2D eigenvalue weighted by atomic mass is 32.2. The molecule has 5 nitrogen and oxygen atoms in total. The number of aromatic nitrogens is 3. The van der Waals surface area contributed by atoms with Gasteiger partial charge in [-0.25, -0.2) is 4.98 Å². The van der Waals surface area contributed by atoms with E-state index < -0.39 is 0 Å². The SMILES string of the molecule is CSc1ccc(-c2noc(-c3ncccc3O)n2)cc1. The van der Waals surface area contributed by atoms with Crippen LogP contribution in [-0.4, -0.2) is 26.5 Å². The van der Waals surface area contributed by atoms with E-state index in [0.717, 1.165) is 5.56 Å². The maximum atomic E-state index is 9.72. The third kappa shape index (κ3) is 2.37. The molecule has 1 N–H and O–H groups in total. The van der Waals surface area contributed by atoms with E-state index >= 15 is 0 Å². The van der Waals surface area contributed by atoms with Crippen LogP contribution in [0, 0.1) is 0 Å². The zero-order chi connectivity index (χ0) is 13.9. The molecule has 0 bridgehead atoms. The molecule has 1 aromatic carbocycles. The van der Waals surface area contributed by atoms with Crippen molar-refractivity contribution in [2.75, 3.05) is 6.26 Å². The van der Waals surface area contributed by atoms with Crippen molar-refractivity contribution in [3.8, 4) is 28.7 Å². The van der Waals surface area contributed by atoms with Crippen LogP contribution in [0.25, 0.3) is 23.0 Å². The second-order valence-corrected chi connectivity index (χ2v) is 4.90. The van der Waals surface area contributed by atoms with Gasteiger partial charge in [-0.05, 0) is 42.7 Å². The van der Waals surface area contributed by atoms with Gasteiger partial charge in [0.15, 0.2) is 5.69 Å². The summed E-state index contributed by atoms with van der Waals surface area (Å²) >= 11 is 1.67. The molecule has 0 aliphatic rings. The quantitative estimate of drug-likeness (QED) is 0.745. The van der Waals surface area contributed by atoms with Gasteiger partial charge in [-0.15, -0.1) is 11.8 Å². The van der Waals surface area contributed by atoms with Crippen molar-refractivity contribution in [2.24, 2.45) is 0 Å². The molecule has 0 unspecified atom stereocenters. The van der Waals surface area contributed by atoms with E-state index in [4.69, 9.17) is 4.52 Å². The first-order valence-electron chi connectivity index (χ1n) is 5.90. The summed E-state index contributed by atoms with van der Waals surface area (Å²) in [6.07, 6.45) is 3.58. The van der Waals surface area contributed by atoms with Crippen molar-refractivity contribution < 1.29 is 9.63 Å². The van der Waals surface area contributed by atoms with Gasteiger partial charge in [-0.3, -0.25) is 0 Å². The molecule has 0 fully saturated rings. The highest BCUT2D eigenvalue weighted by Gasteiger charge is 2.14. The summed E-state index contributed by atoms with van der Waals surface area (Å²) in [6.45, 7) is 0. The third-order valence-corrected chi connectivity index (χ3v) is 3.51. The minimum absolute atomic E-state index is 0.0143. The predicted octanol–water partition coefficient (Wildman–Crippen LogP) is 3.23. The molecule has 2 aromatic heterocycles. The first kappa shape index (κ1) is 12.7. The molecule has 3 aromatic rings. The summed E-state index contributed by atoms with van der Waals surface area (Å²) in [7, 11) is 0. The fourth-order valence-electron chi connectivity index (χ4n) is 1.74. The lowest BCUT2D eigenvalue weighted by atomic mass is 10.2. The standard InChI is InChI=1S/C14H11N3O2S/c1-20-10-6-4-9(5-7-10)13-16-14(19-17-13)12-11(18)3-2-8-15-12/h2-8,18H,1H3. The van der Waals surface area contributed by atoms with Crippen LogP contribution in [0.5, 0.6) is 5.75 Å². The van der Waals surface area contributed by atoms with Crippen LogP contribution in [0.3, 0.4) is 0 Å². The Hall–Kier alpha value is -2.34. The Morgan fingerprint density at radius 1 is 1.15 bits per heavy atom. The normalized spacial score (nSPS) is 10.7. The van der Waals surface area contributed by atoms with E-state index in [2.05, 4.69) is 15.1 Å². The second-order valence-electron chi connectivity index (χ2n) is 4.02. The Balaban J connectivity index is 1.95. The average Bonchev–Trinajstić information content (AvgIpc) is 2.97. The fourth-order valence-corrected chi connectivity index (χ4v) is 2.15. The number of benzene rings is 1. The highest BCUT2D eigenvalue weighted by Crippen LogP contribution is 2.27. The van der Waals surface area contributed by atoms with Crippen LogP contribution in [0.4, 0.5) is 0 Å². The number of nitrogens with zero attached hydrogens (tertiary/aromatic N) is 3. The van der Waals surface area contributed by atoms with Gasteiger partial charge >= 0.3 is 0 Å². The van der Waals surface area contributed by atoms with Crippen LogP contribution in [-0.2, 0) is 0 Å². The summed E-state index contributed by atoms with van der Waals surface area (Å²) in [6, 6.07) is 11.0. The Morgan fingerprint density at radius 2 is 1.95 bits per heavy atom. The summed E-state index contributed by atoms with van der Waals surface area (Å²) in [5.41, 5.74) is 1.14. The van der Waals surface area contributed by atoms with Crippen molar-refractivity contribution >= 4 is 11.8 Å². The second kappa shape index (κ2) is 5.34. The molecular weight excluding hydrogens is 274 g/mol. The first-order chi connectivity index (χ1) is 9.78. The number of thioether (sulfide) groups is 1. The van der Waals surface area contributed by atoms with Gasteiger partial charge in [0.1, 0.15) is 5.75 Å². The largest absolute Gasteiger partial charge is 0.505 e. The fraction of sp³-hybridized carbons (Fsp3) is 0.0714. The van der Waals surface area contributed by atoms with Crippen LogP contribution in [0.1, 0.15) is 0 Å². The lowest BCUT2D eigenvalue weighted by Gasteiger charge is -1.97. The number of hydrogen-bond acceptors (Lipinski definition) is 6. The molecular formula is C14H11N3O2S. The molecule has 0 aliphatic carbocycles. The Labute approximate surface area is 119 Å². The van der Waals surface area contributed by atoms with E-state index in [-0.39, 0.29) is 17.3 Å². The Bertz CT molecular complexity index is 725. The van der Waals surface area contributed by atoms with E-state index in [1.54, 1.807) is 24.0 Å². The Morgan fingerprint density at radius 3 is 2.65 bits per heavy atom. The smallest absolute Gasteiger partial charge is 0.280 e. The van der Waals surface area contributed by atoms with E-state index in [9.17, 15) is 5.11 Å². The molecule has 0 amide bonds. The number of pyridine rings is 1. The van der Waals surface area contributed by atoms with Crippen molar-refractivity contribution in [3.63, 3.8) is 0 Å². The first-order valence-corrected chi connectivity index (χ1v) is 7.13. The summed E-state index contributed by atoms with van der Waals surface area (Å²) in [5, 5.41) is 13.6. The van der Waals surface area contributed by atoms with Crippen LogP contribution < -0.4 is 0 Å². The van der Waals surface area contributed by atoms with Crippen molar-refractivity contribution in [2.45, 2.75) is 4.90 Å². The van der Waals surface area contributed by atoms with Gasteiger partial charge in [-0.2, -0.15) is 4.98 Å². The van der Waals surface area contributed by atoms with Crippen molar-refractivity contribution in [3.05, 3.63) is 42.6 Å². The zero-order valence-electron chi connectivity index (χ0n) is 10.6. The maximum absolute atomic E-state index is 9.72. The summed E-state index contributed by atoms with van der Waals surface area (Å²) in [4.78, 5) is 9.46. The van der Waals surface area contributed by atoms with Crippen LogP contribution in [0.2, 0.25) is 0 Å². The van der Waals surface area contributed by atoms with Gasteiger partial charge in [0.2, 0.25) is 5.82 Å². The molecule has 0 saturated carbocycles. The van der Waals surface area contributed by atoms with Crippen molar-refractivity contribution in [1.29, 1.82) is 0 Å². The highest BCUT2D eigenvalue weighted by molar-refractivity contribution is 7.98. The molecule has 2 heterocycles. The number of aromatic hydroxyl groups is 1. The third-order valence-electron chi connectivity index (χ3n) is 2.76. The topological polar surface area (TPSA) is 72.0 Å². The minimum atomic E-state index is 0.0143. The average molecular weight is 285 g/mol. The molecule has 0 spiro atoms. The summed E-state index contributed by atoms with van der Waals surface area (Å²) in [5.74, 6) is 0.685. The van der Waals surface area contributed by atoms with Gasteiger partial charge in [0, 0.05) is 16.7 Å². The molecule has 100 valence electrons. The molecule has 0 saturated heterocycles. The molecule has 0 aliphatic heterocycles. The van der Waals surface area contributed by atoms with Gasteiger partial charge in [0.25, 0.3) is 5.89 Å². The van der Waals surface area contributed by atoms with E-state index in [0.29, 0.717) is 5.82 Å². The molecule has 0 atom stereocenters. The Kier molecular flexibility index (Phi) is 3.39. The van der Waals surface area contributed by atoms with Gasteiger partial charge in [-0.1, -0.05) is 5.16 Å². The maximum Gasteiger partial charge on any atom is 0.280 e. The summed E-state index contributed by atoms with van der Waals surface area (Å²) < 4.78 is 5.15. The number of rotatable bonds is 3. The predicted molar refractivity (Wildman–Crippen MR) is 76.4 cm³/mol. The lowest BCUT2D eigenvalue weighted by Crippen LogP contribution is -1.84. The monoisotopic (exact) mass is 285 g/mol. The molecule has 0 radical (unpaired) electrons.